The van der Waals surface area contributed by atoms with Gasteiger partial charge < -0.3 is 0 Å². The molecule has 0 aliphatic carbocycles. The Morgan fingerprint density at radius 1 is 0.939 bits per heavy atom. The average molecular weight is 468 g/mol. The SMILES string of the molecule is C/C(=N/NC(=O)c1ccc(CN(c2ccc(C)c(C)c2)S(C)(=O)=O)cc1)c1ccc(F)cc1. The second-order valence-corrected chi connectivity index (χ2v) is 9.79. The number of sulfonamides is 1. The van der Waals surface area contributed by atoms with Gasteiger partial charge in [-0.3, -0.25) is 9.10 Å². The van der Waals surface area contributed by atoms with Gasteiger partial charge in [0.15, 0.2) is 0 Å². The molecule has 172 valence electrons. The van der Waals surface area contributed by atoms with E-state index in [1.54, 1.807) is 49.4 Å². The topological polar surface area (TPSA) is 78.8 Å². The maximum atomic E-state index is 13.0. The third kappa shape index (κ3) is 6.26. The zero-order valence-electron chi connectivity index (χ0n) is 19.0. The molecule has 0 saturated heterocycles. The van der Waals surface area contributed by atoms with Crippen molar-refractivity contribution in [2.75, 3.05) is 10.6 Å². The number of benzene rings is 3. The zero-order valence-corrected chi connectivity index (χ0v) is 19.8. The predicted molar refractivity (Wildman–Crippen MR) is 129 cm³/mol. The van der Waals surface area contributed by atoms with Gasteiger partial charge in [-0.15, -0.1) is 0 Å². The van der Waals surface area contributed by atoms with Crippen molar-refractivity contribution < 1.29 is 17.6 Å². The molecule has 33 heavy (non-hydrogen) atoms. The van der Waals surface area contributed by atoms with Crippen LogP contribution in [-0.4, -0.2) is 26.3 Å². The number of aryl methyl sites for hydroxylation is 2. The van der Waals surface area contributed by atoms with Gasteiger partial charge in [-0.2, -0.15) is 5.10 Å². The van der Waals surface area contributed by atoms with Gasteiger partial charge in [0.25, 0.3) is 5.91 Å². The highest BCUT2D eigenvalue weighted by Crippen LogP contribution is 2.23. The maximum absolute atomic E-state index is 13.0. The third-order valence-corrected chi connectivity index (χ3v) is 6.45. The molecule has 0 unspecified atom stereocenters. The van der Waals surface area contributed by atoms with Crippen molar-refractivity contribution in [1.29, 1.82) is 0 Å². The Labute approximate surface area is 193 Å². The number of halogens is 1. The fourth-order valence-corrected chi connectivity index (χ4v) is 4.04. The molecule has 8 heteroatoms. The van der Waals surface area contributed by atoms with Crippen LogP contribution < -0.4 is 9.73 Å². The van der Waals surface area contributed by atoms with Crippen molar-refractivity contribution in [2.24, 2.45) is 5.10 Å². The van der Waals surface area contributed by atoms with E-state index in [4.69, 9.17) is 0 Å². The van der Waals surface area contributed by atoms with Crippen LogP contribution in [0.5, 0.6) is 0 Å². The summed E-state index contributed by atoms with van der Waals surface area (Å²) in [5.74, 6) is -0.750. The van der Waals surface area contributed by atoms with Crippen LogP contribution in [0.1, 0.15) is 39.5 Å². The lowest BCUT2D eigenvalue weighted by molar-refractivity contribution is 0.0955. The summed E-state index contributed by atoms with van der Waals surface area (Å²) in [7, 11) is -3.51. The van der Waals surface area contributed by atoms with Crippen LogP contribution >= 0.6 is 0 Å². The van der Waals surface area contributed by atoms with Crippen LogP contribution in [0.15, 0.2) is 71.8 Å². The Hall–Kier alpha value is -3.52. The number of anilines is 1. The Morgan fingerprint density at radius 2 is 1.55 bits per heavy atom. The summed E-state index contributed by atoms with van der Waals surface area (Å²) in [6, 6.07) is 18.0. The molecule has 0 heterocycles. The van der Waals surface area contributed by atoms with Gasteiger partial charge in [0.05, 0.1) is 24.2 Å². The van der Waals surface area contributed by atoms with Crippen LogP contribution in [0.2, 0.25) is 0 Å². The molecule has 0 radical (unpaired) electrons. The molecule has 3 aromatic rings. The minimum absolute atomic E-state index is 0.144. The van der Waals surface area contributed by atoms with Crippen LogP contribution in [0, 0.1) is 19.7 Å². The highest BCUT2D eigenvalue weighted by atomic mass is 32.2. The van der Waals surface area contributed by atoms with Crippen LogP contribution in [0.4, 0.5) is 10.1 Å². The van der Waals surface area contributed by atoms with Crippen molar-refractivity contribution in [1.82, 2.24) is 5.43 Å². The number of amides is 1. The van der Waals surface area contributed by atoms with Gasteiger partial charge in [0.1, 0.15) is 5.82 Å². The average Bonchev–Trinajstić information content (AvgIpc) is 2.77. The molecule has 0 saturated carbocycles. The number of hydrogen-bond donors (Lipinski definition) is 1. The molecule has 0 fully saturated rings. The van der Waals surface area contributed by atoms with Crippen LogP contribution in [0.3, 0.4) is 0 Å². The van der Waals surface area contributed by atoms with Gasteiger partial charge >= 0.3 is 0 Å². The van der Waals surface area contributed by atoms with Gasteiger partial charge in [-0.1, -0.05) is 30.3 Å². The molecule has 0 atom stereocenters. The summed E-state index contributed by atoms with van der Waals surface area (Å²) in [5, 5.41) is 4.07. The molecule has 1 N–H and O–H groups in total. The second kappa shape index (κ2) is 9.95. The summed E-state index contributed by atoms with van der Waals surface area (Å²) >= 11 is 0. The van der Waals surface area contributed by atoms with Crippen molar-refractivity contribution in [3.8, 4) is 0 Å². The molecule has 0 bridgehead atoms. The summed E-state index contributed by atoms with van der Waals surface area (Å²) in [6.45, 7) is 5.76. The molecule has 3 rings (SSSR count). The Kier molecular flexibility index (Phi) is 7.28. The van der Waals surface area contributed by atoms with E-state index in [2.05, 4.69) is 10.5 Å². The molecule has 3 aromatic carbocycles. The van der Waals surface area contributed by atoms with Crippen molar-refractivity contribution in [3.05, 3.63) is 100 Å². The largest absolute Gasteiger partial charge is 0.271 e. The molecular formula is C25H26FN3O3S. The number of carbonyl (C=O) groups is 1. The highest BCUT2D eigenvalue weighted by molar-refractivity contribution is 7.92. The minimum atomic E-state index is -3.51. The van der Waals surface area contributed by atoms with Gasteiger partial charge in [-0.25, -0.2) is 18.2 Å². The molecule has 0 aliphatic rings. The van der Waals surface area contributed by atoms with E-state index in [9.17, 15) is 17.6 Å². The van der Waals surface area contributed by atoms with E-state index in [1.165, 1.54) is 22.7 Å². The van der Waals surface area contributed by atoms with E-state index in [0.29, 0.717) is 22.5 Å². The quantitative estimate of drug-likeness (QED) is 0.409. The molecule has 0 spiro atoms. The number of nitrogens with zero attached hydrogens (tertiary/aromatic N) is 2. The van der Waals surface area contributed by atoms with E-state index in [-0.39, 0.29) is 12.4 Å². The normalized spacial score (nSPS) is 11.8. The summed E-state index contributed by atoms with van der Waals surface area (Å²) in [6.07, 6.45) is 1.17. The molecule has 6 nitrogen and oxygen atoms in total. The lowest BCUT2D eigenvalue weighted by Crippen LogP contribution is -2.29. The number of nitrogens with one attached hydrogen (secondary N) is 1. The lowest BCUT2D eigenvalue weighted by Gasteiger charge is -2.23. The highest BCUT2D eigenvalue weighted by Gasteiger charge is 2.18. The summed E-state index contributed by atoms with van der Waals surface area (Å²) < 4.78 is 39.2. The van der Waals surface area contributed by atoms with Crippen molar-refractivity contribution in [2.45, 2.75) is 27.3 Å². The second-order valence-electron chi connectivity index (χ2n) is 7.88. The molecule has 1 amide bonds. The van der Waals surface area contributed by atoms with Crippen LogP contribution in [0.25, 0.3) is 0 Å². The molecular weight excluding hydrogens is 441 g/mol. The Balaban J connectivity index is 1.72. The molecule has 0 aromatic heterocycles. The third-order valence-electron chi connectivity index (χ3n) is 5.31. The van der Waals surface area contributed by atoms with Gasteiger partial charge in [0.2, 0.25) is 10.0 Å². The maximum Gasteiger partial charge on any atom is 0.271 e. The van der Waals surface area contributed by atoms with E-state index >= 15 is 0 Å². The monoisotopic (exact) mass is 467 g/mol. The number of hydrazone groups is 1. The first-order valence-corrected chi connectivity index (χ1v) is 12.1. The van der Waals surface area contributed by atoms with Gasteiger partial charge in [-0.05, 0) is 79.4 Å². The van der Waals surface area contributed by atoms with E-state index in [0.717, 1.165) is 16.7 Å². The first-order chi connectivity index (χ1) is 15.5. The minimum Gasteiger partial charge on any atom is -0.267 e. The number of rotatable bonds is 7. The van der Waals surface area contributed by atoms with Crippen molar-refractivity contribution in [3.63, 3.8) is 0 Å². The first-order valence-electron chi connectivity index (χ1n) is 10.3. The van der Waals surface area contributed by atoms with Crippen LogP contribution in [-0.2, 0) is 16.6 Å². The standard InChI is InChI=1S/C25H26FN3O3S/c1-17-5-14-24(15-18(17)2)29(33(4,31)32)16-20-6-8-22(9-7-20)25(30)28-27-19(3)21-10-12-23(26)13-11-21/h5-15H,16H2,1-4H3,(H,28,30)/b27-19-. The van der Waals surface area contributed by atoms with E-state index in [1.807, 2.05) is 26.0 Å². The first kappa shape index (κ1) is 24.1. The molecule has 0 aliphatic heterocycles. The number of hydrogen-bond acceptors (Lipinski definition) is 4. The predicted octanol–water partition coefficient (Wildman–Crippen LogP) is 4.56. The zero-order chi connectivity index (χ0) is 24.2. The Bertz CT molecular complexity index is 1290. The van der Waals surface area contributed by atoms with Crippen molar-refractivity contribution >= 4 is 27.3 Å². The fourth-order valence-electron chi connectivity index (χ4n) is 3.16. The summed E-state index contributed by atoms with van der Waals surface area (Å²) in [4.78, 5) is 12.4. The fraction of sp³-hybridized carbons (Fsp3) is 0.200. The smallest absolute Gasteiger partial charge is 0.267 e. The lowest BCUT2D eigenvalue weighted by atomic mass is 10.1. The Morgan fingerprint density at radius 3 is 2.12 bits per heavy atom. The summed E-state index contributed by atoms with van der Waals surface area (Å²) in [5.41, 5.74) is 7.51. The van der Waals surface area contributed by atoms with Gasteiger partial charge in [0, 0.05) is 5.56 Å². The number of carbonyl (C=O) groups excluding carboxylic acids is 1. The van der Waals surface area contributed by atoms with E-state index < -0.39 is 15.9 Å².